The first-order chi connectivity index (χ1) is 12.3. The fourth-order valence-corrected chi connectivity index (χ4v) is 3.91. The third kappa shape index (κ3) is 3.70. The van der Waals surface area contributed by atoms with Gasteiger partial charge in [0.05, 0.1) is 13.2 Å². The summed E-state index contributed by atoms with van der Waals surface area (Å²) >= 11 is 0. The fraction of sp³-hybridized carbons (Fsp3) is 0.579. The van der Waals surface area contributed by atoms with Crippen LogP contribution in [0.1, 0.15) is 19.8 Å². The summed E-state index contributed by atoms with van der Waals surface area (Å²) in [6, 6.07) is 10.6. The van der Waals surface area contributed by atoms with E-state index in [0.717, 1.165) is 56.8 Å². The maximum atomic E-state index is 5.47. The minimum absolute atomic E-state index is 0.597. The van der Waals surface area contributed by atoms with E-state index in [0.29, 0.717) is 11.9 Å². The molecule has 1 aromatic carbocycles. The lowest BCUT2D eigenvalue weighted by atomic mass is 9.89. The van der Waals surface area contributed by atoms with Crippen LogP contribution in [-0.4, -0.2) is 60.5 Å². The van der Waals surface area contributed by atoms with E-state index in [4.69, 9.17) is 9.26 Å². The van der Waals surface area contributed by atoms with Crippen molar-refractivity contribution in [3.63, 3.8) is 0 Å². The van der Waals surface area contributed by atoms with Gasteiger partial charge in [0.25, 0.3) is 11.8 Å². The Morgan fingerprint density at radius 3 is 2.48 bits per heavy atom. The van der Waals surface area contributed by atoms with E-state index in [-0.39, 0.29) is 0 Å². The summed E-state index contributed by atoms with van der Waals surface area (Å²) < 4.78 is 10.9. The van der Waals surface area contributed by atoms with Crippen molar-refractivity contribution in [1.82, 2.24) is 15.0 Å². The quantitative estimate of drug-likeness (QED) is 0.851. The van der Waals surface area contributed by atoms with Crippen LogP contribution in [-0.2, 0) is 4.74 Å². The summed E-state index contributed by atoms with van der Waals surface area (Å²) in [5, 5.41) is 4.19. The number of hydrogen-bond donors (Lipinski definition) is 0. The number of piperidine rings is 1. The topological polar surface area (TPSA) is 54.6 Å². The molecule has 0 bridgehead atoms. The Labute approximate surface area is 148 Å². The van der Waals surface area contributed by atoms with Crippen LogP contribution in [0.15, 0.2) is 34.9 Å². The van der Waals surface area contributed by atoms with E-state index in [1.807, 2.05) is 30.3 Å². The predicted molar refractivity (Wildman–Crippen MR) is 96.5 cm³/mol. The van der Waals surface area contributed by atoms with Crippen molar-refractivity contribution < 1.29 is 9.26 Å². The minimum atomic E-state index is 0.597. The molecule has 2 aliphatic heterocycles. The van der Waals surface area contributed by atoms with Crippen molar-refractivity contribution in [2.45, 2.75) is 25.8 Å². The second-order valence-corrected chi connectivity index (χ2v) is 6.98. The molecule has 0 amide bonds. The van der Waals surface area contributed by atoms with E-state index in [2.05, 4.69) is 26.9 Å². The lowest BCUT2D eigenvalue weighted by Gasteiger charge is -2.40. The van der Waals surface area contributed by atoms with Gasteiger partial charge in [-0.25, -0.2) is 0 Å². The van der Waals surface area contributed by atoms with Crippen molar-refractivity contribution in [3.05, 3.63) is 30.3 Å². The normalized spacial score (nSPS) is 21.4. The molecule has 0 saturated carbocycles. The lowest BCUT2D eigenvalue weighted by molar-refractivity contribution is 0.00445. The van der Waals surface area contributed by atoms with E-state index in [1.165, 1.54) is 12.8 Å². The highest BCUT2D eigenvalue weighted by Gasteiger charge is 2.29. The van der Waals surface area contributed by atoms with Gasteiger partial charge in [0, 0.05) is 37.8 Å². The van der Waals surface area contributed by atoms with Crippen LogP contribution < -0.4 is 4.90 Å². The summed E-state index contributed by atoms with van der Waals surface area (Å²) in [6.07, 6.45) is 2.35. The number of aromatic nitrogens is 2. The molecule has 0 radical (unpaired) electrons. The van der Waals surface area contributed by atoms with Crippen LogP contribution in [0.4, 0.5) is 5.95 Å². The van der Waals surface area contributed by atoms with Gasteiger partial charge < -0.3 is 14.2 Å². The highest BCUT2D eigenvalue weighted by Crippen LogP contribution is 2.27. The Morgan fingerprint density at radius 2 is 1.76 bits per heavy atom. The minimum Gasteiger partial charge on any atom is -0.379 e. The standard InChI is InChI=1S/C19H26N4O2/c1-15(22-11-13-24-14-12-22)16-7-9-23(10-8-16)19-20-18(25-21-19)17-5-3-2-4-6-17/h2-6,15-16H,7-14H2,1H3/t15-/m1/s1. The smallest absolute Gasteiger partial charge is 0.266 e. The zero-order valence-corrected chi connectivity index (χ0v) is 14.8. The summed E-state index contributed by atoms with van der Waals surface area (Å²) in [7, 11) is 0. The molecule has 1 atom stereocenters. The fourth-order valence-electron chi connectivity index (χ4n) is 3.91. The van der Waals surface area contributed by atoms with Crippen LogP contribution in [0.5, 0.6) is 0 Å². The Bertz CT molecular complexity index is 661. The number of rotatable bonds is 4. The molecule has 1 aromatic heterocycles. The number of nitrogens with zero attached hydrogens (tertiary/aromatic N) is 4. The van der Waals surface area contributed by atoms with Crippen LogP contribution in [0.3, 0.4) is 0 Å². The van der Waals surface area contributed by atoms with Crippen molar-refractivity contribution in [1.29, 1.82) is 0 Å². The first-order valence-corrected chi connectivity index (χ1v) is 9.27. The van der Waals surface area contributed by atoms with Gasteiger partial charge in [0.2, 0.25) is 0 Å². The Kier molecular flexibility index (Phi) is 4.99. The molecule has 6 nitrogen and oxygen atoms in total. The molecule has 6 heteroatoms. The number of hydrogen-bond acceptors (Lipinski definition) is 6. The maximum absolute atomic E-state index is 5.47. The van der Waals surface area contributed by atoms with Crippen LogP contribution in [0.25, 0.3) is 11.5 Å². The first kappa shape index (κ1) is 16.5. The van der Waals surface area contributed by atoms with Crippen LogP contribution in [0.2, 0.25) is 0 Å². The third-order valence-electron chi connectivity index (χ3n) is 5.56. The molecule has 134 valence electrons. The maximum Gasteiger partial charge on any atom is 0.266 e. The summed E-state index contributed by atoms with van der Waals surface area (Å²) in [4.78, 5) is 9.41. The largest absolute Gasteiger partial charge is 0.379 e. The van der Waals surface area contributed by atoms with Crippen molar-refractivity contribution in [2.24, 2.45) is 5.92 Å². The molecule has 2 aromatic rings. The zero-order valence-electron chi connectivity index (χ0n) is 14.8. The van der Waals surface area contributed by atoms with Gasteiger partial charge in [-0.05, 0) is 43.0 Å². The molecule has 2 fully saturated rings. The van der Waals surface area contributed by atoms with Crippen molar-refractivity contribution in [2.75, 3.05) is 44.3 Å². The highest BCUT2D eigenvalue weighted by atomic mass is 16.5. The molecular formula is C19H26N4O2. The summed E-state index contributed by atoms with van der Waals surface area (Å²) in [5.74, 6) is 2.05. The zero-order chi connectivity index (χ0) is 17.1. The molecule has 0 aliphatic carbocycles. The van der Waals surface area contributed by atoms with E-state index in [9.17, 15) is 0 Å². The number of benzene rings is 1. The van der Waals surface area contributed by atoms with Crippen LogP contribution >= 0.6 is 0 Å². The average Bonchev–Trinajstić information content (AvgIpc) is 3.19. The highest BCUT2D eigenvalue weighted by molar-refractivity contribution is 5.54. The van der Waals surface area contributed by atoms with Gasteiger partial charge >= 0.3 is 0 Å². The van der Waals surface area contributed by atoms with Gasteiger partial charge in [-0.1, -0.05) is 18.2 Å². The molecule has 0 N–H and O–H groups in total. The van der Waals surface area contributed by atoms with Gasteiger partial charge in [0.1, 0.15) is 0 Å². The monoisotopic (exact) mass is 342 g/mol. The van der Waals surface area contributed by atoms with Crippen LogP contribution in [0, 0.1) is 5.92 Å². The van der Waals surface area contributed by atoms with Crippen molar-refractivity contribution >= 4 is 5.95 Å². The second-order valence-electron chi connectivity index (χ2n) is 6.98. The third-order valence-corrected chi connectivity index (χ3v) is 5.56. The van der Waals surface area contributed by atoms with Gasteiger partial charge in [-0.15, -0.1) is 0 Å². The Hall–Kier alpha value is -1.92. The molecule has 25 heavy (non-hydrogen) atoms. The lowest BCUT2D eigenvalue weighted by Crippen LogP contribution is -2.48. The Morgan fingerprint density at radius 1 is 1.04 bits per heavy atom. The molecule has 0 spiro atoms. The predicted octanol–water partition coefficient (Wildman–Crippen LogP) is 2.67. The molecule has 0 unspecified atom stereocenters. The average molecular weight is 342 g/mol. The molecular weight excluding hydrogens is 316 g/mol. The second kappa shape index (κ2) is 7.54. The molecule has 2 saturated heterocycles. The first-order valence-electron chi connectivity index (χ1n) is 9.27. The molecule has 2 aliphatic rings. The Balaban J connectivity index is 1.35. The van der Waals surface area contributed by atoms with E-state index in [1.54, 1.807) is 0 Å². The van der Waals surface area contributed by atoms with Gasteiger partial charge in [-0.3, -0.25) is 4.90 Å². The number of anilines is 1. The summed E-state index contributed by atoms with van der Waals surface area (Å²) in [5.41, 5.74) is 0.970. The SMILES string of the molecule is C[C@H](C1CCN(c2noc(-c3ccccc3)n2)CC1)N1CCOCC1. The van der Waals surface area contributed by atoms with E-state index < -0.39 is 0 Å². The molecule has 4 rings (SSSR count). The van der Waals surface area contributed by atoms with E-state index >= 15 is 0 Å². The summed E-state index contributed by atoms with van der Waals surface area (Å²) in [6.45, 7) is 8.22. The van der Waals surface area contributed by atoms with Gasteiger partial charge in [0.15, 0.2) is 0 Å². The number of morpholine rings is 1. The number of ether oxygens (including phenoxy) is 1. The molecule has 3 heterocycles. The van der Waals surface area contributed by atoms with Crippen molar-refractivity contribution in [3.8, 4) is 11.5 Å². The van der Waals surface area contributed by atoms with Gasteiger partial charge in [-0.2, -0.15) is 4.98 Å².